The molecule has 0 spiro atoms. The van der Waals surface area contributed by atoms with Gasteiger partial charge in [-0.3, -0.25) is 0 Å². The third-order valence-corrected chi connectivity index (χ3v) is 10.7. The Labute approximate surface area is 284 Å². The van der Waals surface area contributed by atoms with E-state index in [9.17, 15) is 0 Å². The highest BCUT2D eigenvalue weighted by molar-refractivity contribution is 6.39. The lowest BCUT2D eigenvalue weighted by Crippen LogP contribution is -1.96. The Balaban J connectivity index is 1.36. The molecule has 0 aliphatic heterocycles. The molecule has 0 unspecified atom stereocenters. The maximum Gasteiger partial charge on any atom is 0.160 e. The summed E-state index contributed by atoms with van der Waals surface area (Å²) in [5.41, 5.74) is 10.3. The maximum absolute atomic E-state index is 6.92. The number of para-hydroxylation sites is 4. The molecule has 0 saturated heterocycles. The van der Waals surface area contributed by atoms with E-state index >= 15 is 0 Å². The first-order valence-electron chi connectivity index (χ1n) is 17.0. The van der Waals surface area contributed by atoms with Crippen molar-refractivity contribution in [2.24, 2.45) is 0 Å². The highest BCUT2D eigenvalue weighted by Crippen LogP contribution is 2.49. The summed E-state index contributed by atoms with van der Waals surface area (Å²) in [4.78, 5) is 0. The van der Waals surface area contributed by atoms with Gasteiger partial charge in [0, 0.05) is 54.5 Å². The van der Waals surface area contributed by atoms with Crippen molar-refractivity contribution in [2.75, 3.05) is 0 Å². The Morgan fingerprint density at radius 2 is 0.960 bits per heavy atom. The molecule has 232 valence electrons. The SMILES string of the molecule is c1ccc(-n2c3ccccc3c3c2c2oc4ccccc4c2c2c4ccccc4n(-c4ccc5oc6ccc7ccccc7c6c5c4)c23)cc1. The molecule has 0 radical (unpaired) electrons. The minimum atomic E-state index is 0.884. The zero-order chi connectivity index (χ0) is 32.5. The van der Waals surface area contributed by atoms with Gasteiger partial charge in [0.05, 0.1) is 22.1 Å². The molecule has 0 amide bonds. The van der Waals surface area contributed by atoms with Gasteiger partial charge < -0.3 is 18.0 Å². The van der Waals surface area contributed by atoms with Crippen LogP contribution in [0.5, 0.6) is 0 Å². The molecule has 8 aromatic carbocycles. The molecule has 12 rings (SSSR count). The van der Waals surface area contributed by atoms with Crippen LogP contribution in [0.4, 0.5) is 0 Å². The standard InChI is InChI=1S/C46H26N2O2/c1-2-13-28(14-3-1)47-36-20-10-7-17-32(36)43-44-41(42-33-18-8-11-21-37(33)50-46(42)45(43)47)31-16-6-9-19-35(31)48(44)29-23-25-38-34(26-29)40-30-15-5-4-12-27(30)22-24-39(40)49-38/h1-26H. The Morgan fingerprint density at radius 3 is 1.78 bits per heavy atom. The van der Waals surface area contributed by atoms with Gasteiger partial charge in [-0.2, -0.15) is 0 Å². The summed E-state index contributed by atoms with van der Waals surface area (Å²) in [6.07, 6.45) is 0. The molecule has 0 aliphatic rings. The minimum Gasteiger partial charge on any atom is -0.456 e. The first-order chi connectivity index (χ1) is 24.8. The van der Waals surface area contributed by atoms with Crippen molar-refractivity contribution < 1.29 is 8.83 Å². The van der Waals surface area contributed by atoms with Crippen molar-refractivity contribution in [3.8, 4) is 11.4 Å². The minimum absolute atomic E-state index is 0.884. The predicted octanol–water partition coefficient (Wildman–Crippen LogP) is 12.8. The van der Waals surface area contributed by atoms with Gasteiger partial charge in [0.25, 0.3) is 0 Å². The van der Waals surface area contributed by atoms with E-state index in [1.807, 2.05) is 0 Å². The molecule has 4 aromatic heterocycles. The number of hydrogen-bond donors (Lipinski definition) is 0. The Kier molecular flexibility index (Phi) is 4.94. The van der Waals surface area contributed by atoms with Gasteiger partial charge in [0.2, 0.25) is 0 Å². The summed E-state index contributed by atoms with van der Waals surface area (Å²) in [5, 5.41) is 11.7. The molecule has 0 atom stereocenters. The van der Waals surface area contributed by atoms with E-state index in [-0.39, 0.29) is 0 Å². The predicted molar refractivity (Wildman–Crippen MR) is 207 cm³/mol. The molecule has 4 heterocycles. The van der Waals surface area contributed by atoms with Crippen molar-refractivity contribution >= 4 is 98.3 Å². The number of hydrogen-bond acceptors (Lipinski definition) is 2. The molecular weight excluding hydrogens is 613 g/mol. The lowest BCUT2D eigenvalue weighted by atomic mass is 10.0. The second-order valence-corrected chi connectivity index (χ2v) is 13.2. The van der Waals surface area contributed by atoms with E-state index in [1.54, 1.807) is 0 Å². The number of rotatable bonds is 2. The van der Waals surface area contributed by atoms with E-state index in [0.717, 1.165) is 71.8 Å². The number of furan rings is 2. The fourth-order valence-corrected chi connectivity index (χ4v) is 8.67. The van der Waals surface area contributed by atoms with E-state index in [4.69, 9.17) is 8.83 Å². The van der Waals surface area contributed by atoms with Crippen LogP contribution in [0.1, 0.15) is 0 Å². The molecular formula is C46H26N2O2. The molecule has 4 heteroatoms. The fourth-order valence-electron chi connectivity index (χ4n) is 8.67. The number of fused-ring (bicyclic) bond motifs is 17. The number of benzene rings is 8. The highest BCUT2D eigenvalue weighted by atomic mass is 16.3. The van der Waals surface area contributed by atoms with Gasteiger partial charge >= 0.3 is 0 Å². The summed E-state index contributed by atoms with van der Waals surface area (Å²) in [6, 6.07) is 56.1. The first-order valence-corrected chi connectivity index (χ1v) is 17.0. The van der Waals surface area contributed by atoms with Crippen molar-refractivity contribution in [2.45, 2.75) is 0 Å². The maximum atomic E-state index is 6.92. The third-order valence-electron chi connectivity index (χ3n) is 10.7. The van der Waals surface area contributed by atoms with E-state index in [2.05, 4.69) is 167 Å². The van der Waals surface area contributed by atoms with Crippen LogP contribution in [-0.2, 0) is 0 Å². The Hall–Kier alpha value is -6.78. The van der Waals surface area contributed by atoms with Crippen LogP contribution in [0.15, 0.2) is 167 Å². The van der Waals surface area contributed by atoms with Crippen LogP contribution in [0.25, 0.3) is 110 Å². The van der Waals surface area contributed by atoms with Crippen LogP contribution in [0.2, 0.25) is 0 Å². The molecule has 0 N–H and O–H groups in total. The molecule has 0 saturated carbocycles. The monoisotopic (exact) mass is 638 g/mol. The molecule has 12 aromatic rings. The summed E-state index contributed by atoms with van der Waals surface area (Å²) >= 11 is 0. The van der Waals surface area contributed by atoms with Crippen molar-refractivity contribution in [3.63, 3.8) is 0 Å². The second-order valence-electron chi connectivity index (χ2n) is 13.2. The van der Waals surface area contributed by atoms with Crippen LogP contribution >= 0.6 is 0 Å². The van der Waals surface area contributed by atoms with E-state index in [1.165, 1.54) is 37.8 Å². The van der Waals surface area contributed by atoms with Gasteiger partial charge in [-0.1, -0.05) is 103 Å². The summed E-state index contributed by atoms with van der Waals surface area (Å²) < 4.78 is 18.2. The average molecular weight is 639 g/mol. The van der Waals surface area contributed by atoms with Gasteiger partial charge in [-0.15, -0.1) is 0 Å². The van der Waals surface area contributed by atoms with Gasteiger partial charge in [-0.25, -0.2) is 0 Å². The number of aromatic nitrogens is 2. The van der Waals surface area contributed by atoms with Crippen molar-refractivity contribution in [1.29, 1.82) is 0 Å². The van der Waals surface area contributed by atoms with Crippen molar-refractivity contribution in [1.82, 2.24) is 9.13 Å². The van der Waals surface area contributed by atoms with Crippen LogP contribution in [0.3, 0.4) is 0 Å². The Morgan fingerprint density at radius 1 is 0.340 bits per heavy atom. The first kappa shape index (κ1) is 26.2. The summed E-state index contributed by atoms with van der Waals surface area (Å²) in [6.45, 7) is 0. The fraction of sp³-hybridized carbons (Fsp3) is 0. The van der Waals surface area contributed by atoms with Crippen LogP contribution in [0, 0.1) is 0 Å². The Bertz CT molecular complexity index is 3370. The topological polar surface area (TPSA) is 36.1 Å². The van der Waals surface area contributed by atoms with Gasteiger partial charge in [-0.05, 0) is 65.4 Å². The summed E-state index contributed by atoms with van der Waals surface area (Å²) in [5.74, 6) is 0. The quantitative estimate of drug-likeness (QED) is 0.189. The smallest absolute Gasteiger partial charge is 0.160 e. The van der Waals surface area contributed by atoms with Crippen LogP contribution < -0.4 is 0 Å². The summed E-state index contributed by atoms with van der Waals surface area (Å²) in [7, 11) is 0. The molecule has 0 aliphatic carbocycles. The number of nitrogens with zero attached hydrogens (tertiary/aromatic N) is 2. The van der Waals surface area contributed by atoms with Gasteiger partial charge in [0.15, 0.2) is 5.58 Å². The largest absolute Gasteiger partial charge is 0.456 e. The molecule has 4 nitrogen and oxygen atoms in total. The van der Waals surface area contributed by atoms with Gasteiger partial charge in [0.1, 0.15) is 16.7 Å². The average Bonchev–Trinajstić information content (AvgIpc) is 3.92. The molecule has 0 fully saturated rings. The lowest BCUT2D eigenvalue weighted by molar-refractivity contribution is 0.669. The van der Waals surface area contributed by atoms with E-state index in [0.29, 0.717) is 0 Å². The van der Waals surface area contributed by atoms with Crippen molar-refractivity contribution in [3.05, 3.63) is 158 Å². The molecule has 0 bridgehead atoms. The lowest BCUT2D eigenvalue weighted by Gasteiger charge is -2.11. The van der Waals surface area contributed by atoms with Crippen LogP contribution in [-0.4, -0.2) is 9.13 Å². The normalized spacial score (nSPS) is 12.4. The highest BCUT2D eigenvalue weighted by Gasteiger charge is 2.27. The zero-order valence-electron chi connectivity index (χ0n) is 26.7. The second kappa shape index (κ2) is 9.43. The van der Waals surface area contributed by atoms with E-state index < -0.39 is 0 Å². The molecule has 50 heavy (non-hydrogen) atoms. The zero-order valence-corrected chi connectivity index (χ0v) is 26.7. The third kappa shape index (κ3) is 3.25.